The summed E-state index contributed by atoms with van der Waals surface area (Å²) in [6.45, 7) is 1.69. The van der Waals surface area contributed by atoms with Gasteiger partial charge in [0.25, 0.3) is 0 Å². The van der Waals surface area contributed by atoms with E-state index in [4.69, 9.17) is 19.7 Å². The Balaban J connectivity index is 2.09. The summed E-state index contributed by atoms with van der Waals surface area (Å²) in [6, 6.07) is 0. The summed E-state index contributed by atoms with van der Waals surface area (Å²) in [4.78, 5) is 34.7. The molecule has 0 aliphatic heterocycles. The Morgan fingerprint density at radius 3 is 2.00 bits per heavy atom. The predicted molar refractivity (Wildman–Crippen MR) is 162 cm³/mol. The molecule has 0 aliphatic carbocycles. The first-order chi connectivity index (χ1) is 20.5. The number of aliphatic hydroxyl groups is 1. The Hall–Kier alpha value is -1.21. The number of anilines is 1. The lowest BCUT2D eigenvalue weighted by Crippen LogP contribution is -2.32. The van der Waals surface area contributed by atoms with E-state index in [0.29, 0.717) is 6.61 Å². The second-order valence-corrected chi connectivity index (χ2v) is 14.0. The number of rotatable bonds is 28. The summed E-state index contributed by atoms with van der Waals surface area (Å²) in [5, 5.41) is 9.43. The van der Waals surface area contributed by atoms with Gasteiger partial charge in [-0.05, 0) is 12.8 Å². The Morgan fingerprint density at radius 2 is 1.44 bits per heavy atom. The molecule has 1 heterocycles. The zero-order valence-corrected chi connectivity index (χ0v) is 27.2. The second-order valence-electron chi connectivity index (χ2n) is 10.6. The van der Waals surface area contributed by atoms with Crippen LogP contribution in [-0.2, 0) is 34.0 Å². The molecule has 0 radical (unpaired) electrons. The van der Waals surface area contributed by atoms with Crippen molar-refractivity contribution in [1.82, 2.24) is 9.55 Å². The van der Waals surface area contributed by atoms with Gasteiger partial charge >= 0.3 is 21.1 Å². The first-order valence-corrected chi connectivity index (χ1v) is 18.6. The van der Waals surface area contributed by atoms with Crippen LogP contribution in [0.15, 0.2) is 11.0 Å². The number of nitrogens with zero attached hydrogens (tertiary/aromatic N) is 2. The van der Waals surface area contributed by atoms with Crippen LogP contribution in [0, 0.1) is 5.82 Å². The van der Waals surface area contributed by atoms with E-state index in [1.807, 2.05) is 0 Å². The molecule has 0 aliphatic rings. The number of halogens is 1. The topological polar surface area (TPSA) is 193 Å². The molecule has 1 rings (SSSR count). The number of nitrogen functional groups attached to an aromatic ring is 1. The largest absolute Gasteiger partial charge is 0.479 e. The molecule has 3 atom stereocenters. The standard InChI is InChI=1S/C27H52FN3O10P2/c1-2-3-4-5-6-7-8-9-10-11-12-13-14-15-17-38-18-16-19-40-43(36,37)41-42(34,35)23-39-24(22-32)20-31-21-25(28)26(29)30-27(31)33/h21,24,32H,2-20,22-23H2,1H3,(H,34,35)(H,36,37)(H2,29,30,33)/t24-/m0/s1. The number of nitrogens with two attached hydrogens (primary N) is 1. The van der Waals surface area contributed by atoms with Crippen LogP contribution in [0.25, 0.3) is 0 Å². The van der Waals surface area contributed by atoms with Crippen LogP contribution in [-0.4, -0.2) is 63.3 Å². The van der Waals surface area contributed by atoms with Crippen LogP contribution in [0.4, 0.5) is 10.2 Å². The number of unbranched alkanes of at least 4 members (excludes halogenated alkanes) is 13. The van der Waals surface area contributed by atoms with Crippen molar-refractivity contribution < 1.29 is 46.7 Å². The van der Waals surface area contributed by atoms with E-state index in [9.17, 15) is 33.2 Å². The highest BCUT2D eigenvalue weighted by Crippen LogP contribution is 2.59. The molecular formula is C27H52FN3O10P2. The lowest BCUT2D eigenvalue weighted by atomic mass is 10.0. The maximum Gasteiger partial charge on any atom is 0.479 e. The molecule has 0 amide bonds. The van der Waals surface area contributed by atoms with E-state index in [2.05, 4.69) is 16.2 Å². The average Bonchev–Trinajstić information content (AvgIpc) is 2.94. The van der Waals surface area contributed by atoms with Gasteiger partial charge < -0.3 is 30.1 Å². The quantitative estimate of drug-likeness (QED) is 0.0652. The van der Waals surface area contributed by atoms with Gasteiger partial charge in [-0.2, -0.15) is 4.98 Å². The van der Waals surface area contributed by atoms with Crippen molar-refractivity contribution in [3.63, 3.8) is 0 Å². The van der Waals surface area contributed by atoms with Crippen LogP contribution < -0.4 is 11.4 Å². The van der Waals surface area contributed by atoms with Gasteiger partial charge in [-0.25, -0.2) is 18.1 Å². The lowest BCUT2D eigenvalue weighted by Gasteiger charge is -2.20. The van der Waals surface area contributed by atoms with Gasteiger partial charge in [0.1, 0.15) is 6.35 Å². The summed E-state index contributed by atoms with van der Waals surface area (Å²) < 4.78 is 58.2. The van der Waals surface area contributed by atoms with Gasteiger partial charge in [0.2, 0.25) is 0 Å². The lowest BCUT2D eigenvalue weighted by molar-refractivity contribution is 0.0183. The second kappa shape index (κ2) is 23.2. The number of phosphoric ester groups is 1. The molecule has 0 spiro atoms. The molecule has 13 nitrogen and oxygen atoms in total. The predicted octanol–water partition coefficient (Wildman–Crippen LogP) is 5.51. The summed E-state index contributed by atoms with van der Waals surface area (Å²) in [5.41, 5.74) is 4.28. The molecule has 0 saturated carbocycles. The van der Waals surface area contributed by atoms with Crippen LogP contribution in [0.5, 0.6) is 0 Å². The Morgan fingerprint density at radius 1 is 0.907 bits per heavy atom. The number of aliphatic hydroxyl groups excluding tert-OH is 1. The fourth-order valence-electron chi connectivity index (χ4n) is 4.24. The zero-order valence-electron chi connectivity index (χ0n) is 25.4. The van der Waals surface area contributed by atoms with Gasteiger partial charge in [-0.3, -0.25) is 13.7 Å². The molecule has 1 aromatic heterocycles. The van der Waals surface area contributed by atoms with E-state index in [1.54, 1.807) is 0 Å². The number of phosphoric acid groups is 1. The third kappa shape index (κ3) is 20.4. The van der Waals surface area contributed by atoms with Crippen molar-refractivity contribution >= 4 is 21.2 Å². The van der Waals surface area contributed by atoms with Gasteiger partial charge in [-0.15, -0.1) is 0 Å². The molecule has 5 N–H and O–H groups in total. The highest BCUT2D eigenvalue weighted by molar-refractivity contribution is 7.63. The van der Waals surface area contributed by atoms with Crippen molar-refractivity contribution in [1.29, 1.82) is 0 Å². The summed E-state index contributed by atoms with van der Waals surface area (Å²) in [5.74, 6) is -1.59. The van der Waals surface area contributed by atoms with Gasteiger partial charge in [-0.1, -0.05) is 90.4 Å². The van der Waals surface area contributed by atoms with Crippen LogP contribution >= 0.6 is 15.4 Å². The SMILES string of the molecule is CCCCCCCCCCCCCCCCOCCCOP(=O)(O)OP(=O)(O)CO[C@H](CO)Cn1cc(F)c(N)nc1=O. The average molecular weight is 660 g/mol. The smallest absolute Gasteiger partial charge is 0.394 e. The van der Waals surface area contributed by atoms with Gasteiger partial charge in [0, 0.05) is 19.4 Å². The maximum atomic E-state index is 13.6. The first kappa shape index (κ1) is 39.8. The molecular weight excluding hydrogens is 607 g/mol. The summed E-state index contributed by atoms with van der Waals surface area (Å²) >= 11 is 0. The molecule has 43 heavy (non-hydrogen) atoms. The third-order valence-corrected chi connectivity index (χ3v) is 9.44. The van der Waals surface area contributed by atoms with Crippen molar-refractivity contribution in [3.05, 3.63) is 22.5 Å². The van der Waals surface area contributed by atoms with Crippen molar-refractivity contribution in [3.8, 4) is 0 Å². The molecule has 2 unspecified atom stereocenters. The van der Waals surface area contributed by atoms with Gasteiger partial charge in [0.05, 0.1) is 25.9 Å². The molecule has 0 aromatic carbocycles. The molecule has 1 aromatic rings. The van der Waals surface area contributed by atoms with E-state index in [-0.39, 0.29) is 19.6 Å². The Labute approximate surface area is 254 Å². The normalized spacial score (nSPS) is 15.3. The van der Waals surface area contributed by atoms with Crippen LogP contribution in [0.1, 0.15) is 103 Å². The molecule has 0 bridgehead atoms. The number of hydrogen-bond donors (Lipinski definition) is 4. The van der Waals surface area contributed by atoms with E-state index in [1.165, 1.54) is 77.0 Å². The minimum atomic E-state index is -4.90. The van der Waals surface area contributed by atoms with E-state index >= 15 is 0 Å². The number of aromatic nitrogens is 2. The minimum Gasteiger partial charge on any atom is -0.394 e. The fraction of sp³-hybridized carbons (Fsp3) is 0.852. The number of ether oxygens (including phenoxy) is 2. The molecule has 252 valence electrons. The third-order valence-electron chi connectivity index (χ3n) is 6.61. The van der Waals surface area contributed by atoms with E-state index < -0.39 is 58.3 Å². The zero-order chi connectivity index (χ0) is 32.0. The van der Waals surface area contributed by atoms with Crippen LogP contribution in [0.2, 0.25) is 0 Å². The molecule has 0 fully saturated rings. The minimum absolute atomic E-state index is 0.245. The van der Waals surface area contributed by atoms with Gasteiger partial charge in [0.15, 0.2) is 11.6 Å². The highest BCUT2D eigenvalue weighted by Gasteiger charge is 2.34. The summed E-state index contributed by atoms with van der Waals surface area (Å²) in [6.07, 6.45) is 16.5. The maximum absolute atomic E-state index is 13.6. The first-order valence-electron chi connectivity index (χ1n) is 15.3. The monoisotopic (exact) mass is 659 g/mol. The highest BCUT2D eigenvalue weighted by atomic mass is 31.3. The summed E-state index contributed by atoms with van der Waals surface area (Å²) in [7, 11) is -9.71. The molecule has 16 heteroatoms. The fourth-order valence-corrected chi connectivity index (χ4v) is 6.67. The van der Waals surface area contributed by atoms with Crippen molar-refractivity contribution in [2.24, 2.45) is 0 Å². The van der Waals surface area contributed by atoms with Crippen molar-refractivity contribution in [2.45, 2.75) is 116 Å². The Bertz CT molecular complexity index is 1030. The molecule has 0 saturated heterocycles. The van der Waals surface area contributed by atoms with E-state index in [0.717, 1.165) is 23.6 Å². The Kier molecular flexibility index (Phi) is 21.5. The van der Waals surface area contributed by atoms with Crippen molar-refractivity contribution in [2.75, 3.05) is 38.5 Å². The van der Waals surface area contributed by atoms with Crippen LogP contribution in [0.3, 0.4) is 0 Å². The number of hydrogen-bond acceptors (Lipinski definition) is 10.